The fourth-order valence-electron chi connectivity index (χ4n) is 2.06. The lowest BCUT2D eigenvalue weighted by Crippen LogP contribution is -2.19. The minimum Gasteiger partial charge on any atom is -0.355 e. The van der Waals surface area contributed by atoms with Gasteiger partial charge in [-0.2, -0.15) is 11.8 Å². The third-order valence-electron chi connectivity index (χ3n) is 3.29. The first kappa shape index (κ1) is 15.6. The van der Waals surface area contributed by atoms with Crippen molar-refractivity contribution in [1.29, 1.82) is 0 Å². The summed E-state index contributed by atoms with van der Waals surface area (Å²) in [6.07, 6.45) is 2.42. The molecule has 114 valence electrons. The average Bonchev–Trinajstić information content (AvgIpc) is 2.84. The largest absolute Gasteiger partial charge is 0.355 e. The predicted octanol–water partition coefficient (Wildman–Crippen LogP) is 2.02. The number of aryl methyl sites for hydroxylation is 2. The van der Waals surface area contributed by atoms with Crippen molar-refractivity contribution in [2.75, 3.05) is 17.6 Å². The van der Waals surface area contributed by atoms with E-state index in [1.807, 2.05) is 20.8 Å². The quantitative estimate of drug-likeness (QED) is 0.681. The number of H-pyrrole nitrogens is 2. The Morgan fingerprint density at radius 2 is 2.14 bits per heavy atom. The summed E-state index contributed by atoms with van der Waals surface area (Å²) in [6, 6.07) is 0. The summed E-state index contributed by atoms with van der Waals surface area (Å²) >= 11 is 1.81. The van der Waals surface area contributed by atoms with Gasteiger partial charge in [0.1, 0.15) is 0 Å². The maximum atomic E-state index is 11.8. The Kier molecular flexibility index (Phi) is 5.44. The van der Waals surface area contributed by atoms with Gasteiger partial charge in [-0.3, -0.25) is 9.78 Å². The van der Waals surface area contributed by atoms with Crippen molar-refractivity contribution in [1.82, 2.24) is 19.9 Å². The molecule has 21 heavy (non-hydrogen) atoms. The monoisotopic (exact) mass is 307 g/mol. The minimum atomic E-state index is -0.0479. The summed E-state index contributed by atoms with van der Waals surface area (Å²) in [5, 5.41) is 3.16. The van der Waals surface area contributed by atoms with Crippen LogP contribution in [0, 0.1) is 13.8 Å². The van der Waals surface area contributed by atoms with Gasteiger partial charge in [-0.05, 0) is 20.3 Å². The van der Waals surface area contributed by atoms with E-state index in [2.05, 4.69) is 25.3 Å². The summed E-state index contributed by atoms with van der Waals surface area (Å²) < 4.78 is 0. The Morgan fingerprint density at radius 3 is 2.76 bits per heavy atom. The van der Waals surface area contributed by atoms with Crippen molar-refractivity contribution in [3.05, 3.63) is 39.3 Å². The predicted molar refractivity (Wildman–Crippen MR) is 86.9 cm³/mol. The fraction of sp³-hybridized carbons (Fsp3) is 0.500. The van der Waals surface area contributed by atoms with Crippen molar-refractivity contribution in [2.45, 2.75) is 32.9 Å². The number of aromatic nitrogens is 4. The SMILES string of the molecule is CCc1c(C)nc(NCCSCc2[nH]cnc2C)[nH]c1=O. The highest BCUT2D eigenvalue weighted by Crippen LogP contribution is 2.12. The highest BCUT2D eigenvalue weighted by atomic mass is 32.2. The number of hydrogen-bond acceptors (Lipinski definition) is 5. The molecule has 0 unspecified atom stereocenters. The van der Waals surface area contributed by atoms with Gasteiger partial charge in [0.05, 0.1) is 12.0 Å². The molecule has 0 fully saturated rings. The molecule has 6 nitrogen and oxygen atoms in total. The van der Waals surface area contributed by atoms with Crippen LogP contribution in [0.3, 0.4) is 0 Å². The molecule has 2 rings (SSSR count). The summed E-state index contributed by atoms with van der Waals surface area (Å²) in [7, 11) is 0. The van der Waals surface area contributed by atoms with Crippen LogP contribution < -0.4 is 10.9 Å². The van der Waals surface area contributed by atoms with Crippen molar-refractivity contribution >= 4 is 17.7 Å². The van der Waals surface area contributed by atoms with E-state index in [-0.39, 0.29) is 5.56 Å². The molecule has 0 aliphatic rings. The second kappa shape index (κ2) is 7.31. The van der Waals surface area contributed by atoms with Crippen LogP contribution in [0.15, 0.2) is 11.1 Å². The lowest BCUT2D eigenvalue weighted by molar-refractivity contribution is 0.952. The lowest BCUT2D eigenvalue weighted by atomic mass is 10.2. The second-order valence-electron chi connectivity index (χ2n) is 4.78. The highest BCUT2D eigenvalue weighted by molar-refractivity contribution is 7.98. The molecule has 7 heteroatoms. The molecule has 0 aromatic carbocycles. The molecule has 2 aromatic heterocycles. The Balaban J connectivity index is 1.79. The van der Waals surface area contributed by atoms with Crippen LogP contribution in [0.5, 0.6) is 0 Å². The molecule has 0 bridgehead atoms. The van der Waals surface area contributed by atoms with E-state index in [1.54, 1.807) is 18.1 Å². The number of imidazole rings is 1. The molecule has 0 aliphatic carbocycles. The number of rotatable bonds is 7. The first-order chi connectivity index (χ1) is 10.1. The molecule has 0 saturated heterocycles. The number of nitrogens with one attached hydrogen (secondary N) is 3. The van der Waals surface area contributed by atoms with E-state index in [9.17, 15) is 4.79 Å². The van der Waals surface area contributed by atoms with Gasteiger partial charge in [0.25, 0.3) is 5.56 Å². The molecule has 0 radical (unpaired) electrons. The zero-order chi connectivity index (χ0) is 15.2. The summed E-state index contributed by atoms with van der Waals surface area (Å²) in [6.45, 7) is 6.58. The summed E-state index contributed by atoms with van der Waals surface area (Å²) in [4.78, 5) is 26.3. The van der Waals surface area contributed by atoms with Crippen LogP contribution in [0.2, 0.25) is 0 Å². The Hall–Kier alpha value is -1.76. The molecule has 0 amide bonds. The zero-order valence-corrected chi connectivity index (χ0v) is 13.4. The lowest BCUT2D eigenvalue weighted by Gasteiger charge is -2.08. The number of nitrogens with zero attached hydrogens (tertiary/aromatic N) is 2. The van der Waals surface area contributed by atoms with Gasteiger partial charge >= 0.3 is 0 Å². The van der Waals surface area contributed by atoms with Crippen molar-refractivity contribution in [3.63, 3.8) is 0 Å². The van der Waals surface area contributed by atoms with E-state index >= 15 is 0 Å². The van der Waals surface area contributed by atoms with Gasteiger partial charge in [-0.1, -0.05) is 6.92 Å². The standard InChI is InChI=1S/C14H21N5OS/c1-4-11-9(2)18-14(19-13(11)20)15-5-6-21-7-12-10(3)16-8-17-12/h8H,4-7H2,1-3H3,(H,16,17)(H2,15,18,19,20). The third kappa shape index (κ3) is 4.10. The van der Waals surface area contributed by atoms with Gasteiger partial charge in [0.15, 0.2) is 0 Å². The van der Waals surface area contributed by atoms with Crippen LogP contribution >= 0.6 is 11.8 Å². The molecule has 2 heterocycles. The maximum absolute atomic E-state index is 11.8. The Bertz CT molecular complexity index is 649. The maximum Gasteiger partial charge on any atom is 0.255 e. The first-order valence-electron chi connectivity index (χ1n) is 7.02. The van der Waals surface area contributed by atoms with Crippen molar-refractivity contribution in [3.8, 4) is 0 Å². The molecule has 0 saturated carbocycles. The van der Waals surface area contributed by atoms with Gasteiger partial charge in [-0.25, -0.2) is 9.97 Å². The molecule has 3 N–H and O–H groups in total. The Labute approximate surface area is 128 Å². The van der Waals surface area contributed by atoms with E-state index in [4.69, 9.17) is 0 Å². The molecular weight excluding hydrogens is 286 g/mol. The van der Waals surface area contributed by atoms with E-state index in [1.165, 1.54) is 0 Å². The Morgan fingerprint density at radius 1 is 1.33 bits per heavy atom. The number of thioether (sulfide) groups is 1. The first-order valence-corrected chi connectivity index (χ1v) is 8.17. The molecular formula is C14H21N5OS. The van der Waals surface area contributed by atoms with Gasteiger partial charge < -0.3 is 10.3 Å². The average molecular weight is 307 g/mol. The summed E-state index contributed by atoms with van der Waals surface area (Å²) in [5.41, 5.74) is 3.71. The normalized spacial score (nSPS) is 10.8. The fourth-order valence-corrected chi connectivity index (χ4v) is 2.95. The molecule has 0 atom stereocenters. The van der Waals surface area contributed by atoms with Crippen molar-refractivity contribution in [2.24, 2.45) is 0 Å². The van der Waals surface area contributed by atoms with E-state index in [0.717, 1.165) is 40.7 Å². The topological polar surface area (TPSA) is 86.5 Å². The van der Waals surface area contributed by atoms with Crippen LogP contribution in [0.1, 0.15) is 29.6 Å². The van der Waals surface area contributed by atoms with Crippen LogP contribution in [0.25, 0.3) is 0 Å². The smallest absolute Gasteiger partial charge is 0.255 e. The minimum absolute atomic E-state index is 0.0479. The highest BCUT2D eigenvalue weighted by Gasteiger charge is 2.05. The van der Waals surface area contributed by atoms with E-state index in [0.29, 0.717) is 12.4 Å². The molecule has 2 aromatic rings. The number of hydrogen-bond donors (Lipinski definition) is 3. The van der Waals surface area contributed by atoms with Crippen molar-refractivity contribution < 1.29 is 0 Å². The van der Waals surface area contributed by atoms with Gasteiger partial charge in [0.2, 0.25) is 5.95 Å². The van der Waals surface area contributed by atoms with Gasteiger partial charge in [-0.15, -0.1) is 0 Å². The number of aromatic amines is 2. The third-order valence-corrected chi connectivity index (χ3v) is 4.28. The van der Waals surface area contributed by atoms with Gasteiger partial charge in [0, 0.05) is 35.0 Å². The van der Waals surface area contributed by atoms with Crippen LogP contribution in [-0.2, 0) is 12.2 Å². The summed E-state index contributed by atoms with van der Waals surface area (Å²) in [5.74, 6) is 2.38. The number of anilines is 1. The van der Waals surface area contributed by atoms with Crippen LogP contribution in [-0.4, -0.2) is 32.2 Å². The van der Waals surface area contributed by atoms with E-state index < -0.39 is 0 Å². The second-order valence-corrected chi connectivity index (χ2v) is 5.88. The molecule has 0 aliphatic heterocycles. The zero-order valence-electron chi connectivity index (χ0n) is 12.6. The van der Waals surface area contributed by atoms with Crippen LogP contribution in [0.4, 0.5) is 5.95 Å². The molecule has 0 spiro atoms.